The summed E-state index contributed by atoms with van der Waals surface area (Å²) in [5.41, 5.74) is 0.0124. The van der Waals surface area contributed by atoms with E-state index in [1.54, 1.807) is 0 Å². The van der Waals surface area contributed by atoms with Crippen molar-refractivity contribution in [3.05, 3.63) is 39.7 Å². The van der Waals surface area contributed by atoms with Crippen LogP contribution in [0.25, 0.3) is 0 Å². The first kappa shape index (κ1) is 16.0. The van der Waals surface area contributed by atoms with Crippen LogP contribution in [0.15, 0.2) is 18.2 Å². The minimum Gasteiger partial charge on any atom is -0.383 e. The minimum absolute atomic E-state index is 0.0165. The molecule has 1 amide bonds. The van der Waals surface area contributed by atoms with Crippen LogP contribution in [0, 0.1) is 15.9 Å². The number of carbonyl (C=O) groups is 1. The van der Waals surface area contributed by atoms with Crippen molar-refractivity contribution in [2.45, 2.75) is 6.54 Å². The summed E-state index contributed by atoms with van der Waals surface area (Å²) in [6.45, 7) is 0.807. The Kier molecular flexibility index (Phi) is 6.54. The minimum atomic E-state index is -0.588. The second kappa shape index (κ2) is 8.18. The zero-order chi connectivity index (χ0) is 15.0. The van der Waals surface area contributed by atoms with E-state index >= 15 is 0 Å². The summed E-state index contributed by atoms with van der Waals surface area (Å²) in [6.07, 6.45) is 0. The smallest absolute Gasteiger partial charge is 0.274 e. The van der Waals surface area contributed by atoms with E-state index in [4.69, 9.17) is 4.74 Å². The van der Waals surface area contributed by atoms with Gasteiger partial charge >= 0.3 is 0 Å². The third-order valence-electron chi connectivity index (χ3n) is 2.47. The van der Waals surface area contributed by atoms with Gasteiger partial charge in [0.2, 0.25) is 5.91 Å². The van der Waals surface area contributed by atoms with E-state index in [0.29, 0.717) is 13.2 Å². The van der Waals surface area contributed by atoms with Crippen LogP contribution in [0.4, 0.5) is 10.1 Å². The number of hydrogen-bond donors (Lipinski definition) is 2. The molecule has 0 unspecified atom stereocenters. The van der Waals surface area contributed by atoms with Crippen molar-refractivity contribution in [3.63, 3.8) is 0 Å². The molecule has 0 aromatic heterocycles. The number of ether oxygens (including phenoxy) is 1. The number of nitrogens with one attached hydrogen (secondary N) is 2. The van der Waals surface area contributed by atoms with Crippen LogP contribution in [0.2, 0.25) is 0 Å². The van der Waals surface area contributed by atoms with E-state index in [1.165, 1.54) is 7.11 Å². The van der Waals surface area contributed by atoms with E-state index in [0.717, 1.165) is 18.2 Å². The number of nitrogens with zero attached hydrogens (tertiary/aromatic N) is 1. The van der Waals surface area contributed by atoms with Gasteiger partial charge in [0.25, 0.3) is 5.69 Å². The molecule has 0 spiro atoms. The molecule has 8 heteroatoms. The van der Waals surface area contributed by atoms with Crippen LogP contribution in [0.1, 0.15) is 5.56 Å². The quantitative estimate of drug-likeness (QED) is 0.414. The molecule has 0 atom stereocenters. The number of rotatable bonds is 8. The molecule has 110 valence electrons. The van der Waals surface area contributed by atoms with Crippen molar-refractivity contribution in [2.75, 3.05) is 26.8 Å². The lowest BCUT2D eigenvalue weighted by Gasteiger charge is -2.07. The van der Waals surface area contributed by atoms with Gasteiger partial charge in [-0.3, -0.25) is 14.9 Å². The summed E-state index contributed by atoms with van der Waals surface area (Å²) in [7, 11) is 1.52. The van der Waals surface area contributed by atoms with E-state index in [9.17, 15) is 19.3 Å². The number of benzene rings is 1. The number of carbonyl (C=O) groups excluding carboxylic acids is 1. The van der Waals surface area contributed by atoms with Crippen molar-refractivity contribution >= 4 is 11.6 Å². The summed E-state index contributed by atoms with van der Waals surface area (Å²) >= 11 is 0. The van der Waals surface area contributed by atoms with E-state index in [1.807, 2.05) is 0 Å². The van der Waals surface area contributed by atoms with Crippen LogP contribution >= 0.6 is 0 Å². The lowest BCUT2D eigenvalue weighted by molar-refractivity contribution is -0.385. The second-order valence-electron chi connectivity index (χ2n) is 3.98. The molecule has 0 aliphatic rings. The molecule has 0 aliphatic heterocycles. The zero-order valence-electron chi connectivity index (χ0n) is 11.0. The van der Waals surface area contributed by atoms with Crippen LogP contribution in [0.5, 0.6) is 0 Å². The fourth-order valence-electron chi connectivity index (χ4n) is 1.54. The number of halogens is 1. The highest BCUT2D eigenvalue weighted by atomic mass is 19.1. The predicted molar refractivity (Wildman–Crippen MR) is 69.6 cm³/mol. The molecule has 1 rings (SSSR count). The van der Waals surface area contributed by atoms with Gasteiger partial charge in [0.05, 0.1) is 18.1 Å². The number of nitro groups is 1. The maximum atomic E-state index is 13.1. The molecular formula is C12H16FN3O4. The first-order chi connectivity index (χ1) is 9.54. The first-order valence-electron chi connectivity index (χ1n) is 5.93. The molecule has 2 N–H and O–H groups in total. The molecule has 0 heterocycles. The molecule has 0 bridgehead atoms. The molecule has 0 radical (unpaired) electrons. The number of amides is 1. The van der Waals surface area contributed by atoms with Crippen molar-refractivity contribution in [1.82, 2.24) is 10.6 Å². The highest BCUT2D eigenvalue weighted by Crippen LogP contribution is 2.19. The maximum absolute atomic E-state index is 13.1. The number of hydrogen-bond acceptors (Lipinski definition) is 5. The van der Waals surface area contributed by atoms with Gasteiger partial charge in [-0.1, -0.05) is 0 Å². The van der Waals surface area contributed by atoms with Gasteiger partial charge in [-0.25, -0.2) is 4.39 Å². The topological polar surface area (TPSA) is 93.5 Å². The summed E-state index contributed by atoms with van der Waals surface area (Å²) < 4.78 is 17.8. The van der Waals surface area contributed by atoms with Crippen LogP contribution in [-0.4, -0.2) is 37.6 Å². The molecule has 7 nitrogen and oxygen atoms in total. The van der Waals surface area contributed by atoms with E-state index < -0.39 is 10.7 Å². The molecule has 0 fully saturated rings. The van der Waals surface area contributed by atoms with Crippen LogP contribution in [0.3, 0.4) is 0 Å². The molecular weight excluding hydrogens is 269 g/mol. The third kappa shape index (κ3) is 5.29. The second-order valence-corrected chi connectivity index (χ2v) is 3.98. The first-order valence-corrected chi connectivity index (χ1v) is 5.93. The lowest BCUT2D eigenvalue weighted by Crippen LogP contribution is -2.35. The van der Waals surface area contributed by atoms with Crippen LogP contribution < -0.4 is 10.6 Å². The summed E-state index contributed by atoms with van der Waals surface area (Å²) in [5.74, 6) is -0.821. The molecule has 20 heavy (non-hydrogen) atoms. The monoisotopic (exact) mass is 285 g/mol. The SMILES string of the molecule is COCCNC(=O)CNCc1cc(F)ccc1[N+](=O)[O-]. The standard InChI is InChI=1S/C12H16FN3O4/c1-20-5-4-15-12(17)8-14-7-9-6-10(13)2-3-11(9)16(18)19/h2-3,6,14H,4-5,7-8H2,1H3,(H,15,17). The Bertz CT molecular complexity index is 482. The van der Waals surface area contributed by atoms with Gasteiger partial charge in [-0.05, 0) is 12.1 Å². The highest BCUT2D eigenvalue weighted by Gasteiger charge is 2.14. The predicted octanol–water partition coefficient (Wildman–Crippen LogP) is 0.586. The molecule has 1 aromatic carbocycles. The lowest BCUT2D eigenvalue weighted by atomic mass is 10.1. The number of nitro benzene ring substituents is 1. The van der Waals surface area contributed by atoms with Gasteiger partial charge in [0.1, 0.15) is 5.82 Å². The van der Waals surface area contributed by atoms with Crippen LogP contribution in [-0.2, 0) is 16.1 Å². The van der Waals surface area contributed by atoms with Gasteiger partial charge in [0.15, 0.2) is 0 Å². The molecule has 0 saturated carbocycles. The van der Waals surface area contributed by atoms with E-state index in [-0.39, 0.29) is 30.2 Å². The van der Waals surface area contributed by atoms with Crippen molar-refractivity contribution in [3.8, 4) is 0 Å². The molecule has 0 saturated heterocycles. The Morgan fingerprint density at radius 1 is 1.50 bits per heavy atom. The fraction of sp³-hybridized carbons (Fsp3) is 0.417. The summed E-state index contributed by atoms with van der Waals surface area (Å²) in [5, 5.41) is 16.1. The summed E-state index contributed by atoms with van der Waals surface area (Å²) in [4.78, 5) is 21.5. The Morgan fingerprint density at radius 2 is 2.25 bits per heavy atom. The Labute approximate surface area is 115 Å². The van der Waals surface area contributed by atoms with Gasteiger partial charge in [-0.2, -0.15) is 0 Å². The third-order valence-corrected chi connectivity index (χ3v) is 2.47. The normalized spacial score (nSPS) is 10.3. The van der Waals surface area contributed by atoms with E-state index in [2.05, 4.69) is 10.6 Å². The van der Waals surface area contributed by atoms with Gasteiger partial charge in [-0.15, -0.1) is 0 Å². The van der Waals surface area contributed by atoms with Gasteiger partial charge < -0.3 is 15.4 Å². The average Bonchev–Trinajstić information content (AvgIpc) is 2.38. The molecule has 1 aromatic rings. The van der Waals surface area contributed by atoms with Crippen molar-refractivity contribution in [2.24, 2.45) is 0 Å². The van der Waals surface area contributed by atoms with Gasteiger partial charge in [0, 0.05) is 31.8 Å². The zero-order valence-corrected chi connectivity index (χ0v) is 11.0. The highest BCUT2D eigenvalue weighted by molar-refractivity contribution is 5.77. The van der Waals surface area contributed by atoms with Crippen molar-refractivity contribution in [1.29, 1.82) is 0 Å². The van der Waals surface area contributed by atoms with Crippen molar-refractivity contribution < 1.29 is 18.8 Å². The Hall–Kier alpha value is -2.06. The maximum Gasteiger partial charge on any atom is 0.274 e. The number of methoxy groups -OCH3 is 1. The summed E-state index contributed by atoms with van der Waals surface area (Å²) in [6, 6.07) is 3.21. The average molecular weight is 285 g/mol. The Morgan fingerprint density at radius 3 is 2.90 bits per heavy atom. The molecule has 0 aliphatic carbocycles. The fourth-order valence-corrected chi connectivity index (χ4v) is 1.54. The largest absolute Gasteiger partial charge is 0.383 e. The Balaban J connectivity index is 2.47.